The molecule has 1 heterocycles. The molecule has 5 heteroatoms. The number of rotatable bonds is 2. The minimum absolute atomic E-state index is 0.0772. The van der Waals surface area contributed by atoms with E-state index >= 15 is 0 Å². The van der Waals surface area contributed by atoms with Gasteiger partial charge in [0.15, 0.2) is 0 Å². The second-order valence-electron chi connectivity index (χ2n) is 4.86. The molecule has 3 rings (SSSR count). The van der Waals surface area contributed by atoms with Gasteiger partial charge < -0.3 is 9.84 Å². The Kier molecular flexibility index (Phi) is 4.20. The first-order valence-corrected chi connectivity index (χ1v) is 6.44. The lowest BCUT2D eigenvalue weighted by Gasteiger charge is -2.23. The summed E-state index contributed by atoms with van der Waals surface area (Å²) in [4.78, 5) is 10.9. The van der Waals surface area contributed by atoms with E-state index in [4.69, 9.17) is 4.74 Å². The Bertz CT molecular complexity index is 534. The first-order valence-electron chi connectivity index (χ1n) is 6.44. The van der Waals surface area contributed by atoms with Crippen LogP contribution in [0.3, 0.4) is 0 Å². The Labute approximate surface area is 117 Å². The molecule has 5 nitrogen and oxygen atoms in total. The molecule has 0 bridgehead atoms. The van der Waals surface area contributed by atoms with Crippen molar-refractivity contribution in [3.63, 3.8) is 0 Å². The molecular weight excluding hydrogens is 258 g/mol. The van der Waals surface area contributed by atoms with Gasteiger partial charge in [-0.25, -0.2) is 0 Å². The average Bonchev–Trinajstić information content (AvgIpc) is 3.24. The predicted molar refractivity (Wildman–Crippen MR) is 75.0 cm³/mol. The highest BCUT2D eigenvalue weighted by molar-refractivity contribution is 5.33. The normalized spacial score (nSPS) is 27.1. The van der Waals surface area contributed by atoms with E-state index in [0.717, 1.165) is 6.61 Å². The highest BCUT2D eigenvalue weighted by Crippen LogP contribution is 2.34. The molecule has 2 unspecified atom stereocenters. The van der Waals surface area contributed by atoms with Gasteiger partial charge in [0.1, 0.15) is 5.76 Å². The zero-order chi connectivity index (χ0) is 14.6. The van der Waals surface area contributed by atoms with E-state index in [1.807, 2.05) is 6.07 Å². The quantitative estimate of drug-likeness (QED) is 0.511. The summed E-state index contributed by atoms with van der Waals surface area (Å²) in [5.74, 6) is 0.0772. The zero-order valence-electron chi connectivity index (χ0n) is 11.2. The Balaban J connectivity index is 0.000000315. The van der Waals surface area contributed by atoms with Crippen molar-refractivity contribution in [1.29, 1.82) is 0 Å². The van der Waals surface area contributed by atoms with Gasteiger partial charge in [-0.3, -0.25) is 10.1 Å². The Morgan fingerprint density at radius 3 is 2.40 bits per heavy atom. The van der Waals surface area contributed by atoms with Crippen molar-refractivity contribution in [3.05, 3.63) is 70.0 Å². The maximum atomic E-state index is 11.2. The van der Waals surface area contributed by atoms with Gasteiger partial charge in [0.05, 0.1) is 12.7 Å². The van der Waals surface area contributed by atoms with Crippen LogP contribution in [-0.2, 0) is 10.3 Å². The summed E-state index contributed by atoms with van der Waals surface area (Å²) in [6, 6.07) is 8.81. The van der Waals surface area contributed by atoms with Crippen LogP contribution >= 0.6 is 0 Å². The SMILES string of the molecule is CC1CO1.O=[N+]([O-])C1(c2ccccc2)C=CC(O)=CC1. The number of nitrogens with zero attached hydrogens (tertiary/aromatic N) is 1. The molecule has 1 aliphatic heterocycles. The molecule has 0 aromatic heterocycles. The molecule has 2 aliphatic rings. The summed E-state index contributed by atoms with van der Waals surface area (Å²) < 4.78 is 4.71. The Morgan fingerprint density at radius 2 is 2.00 bits per heavy atom. The highest BCUT2D eigenvalue weighted by atomic mass is 16.6. The third-order valence-electron chi connectivity index (χ3n) is 3.25. The smallest absolute Gasteiger partial charge is 0.269 e. The van der Waals surface area contributed by atoms with E-state index in [2.05, 4.69) is 6.92 Å². The van der Waals surface area contributed by atoms with E-state index < -0.39 is 5.54 Å². The van der Waals surface area contributed by atoms with Gasteiger partial charge in [0, 0.05) is 23.0 Å². The molecule has 1 aromatic carbocycles. The van der Waals surface area contributed by atoms with E-state index in [9.17, 15) is 15.2 Å². The number of allylic oxidation sites excluding steroid dienone is 1. The summed E-state index contributed by atoms with van der Waals surface area (Å²) in [5.41, 5.74) is -0.618. The molecule has 1 fully saturated rings. The summed E-state index contributed by atoms with van der Waals surface area (Å²) >= 11 is 0. The maximum absolute atomic E-state index is 11.2. The fourth-order valence-corrected chi connectivity index (χ4v) is 1.90. The molecule has 0 amide bonds. The van der Waals surface area contributed by atoms with Crippen molar-refractivity contribution in [3.8, 4) is 0 Å². The number of hydrogen-bond donors (Lipinski definition) is 1. The Morgan fingerprint density at radius 1 is 1.40 bits per heavy atom. The topological polar surface area (TPSA) is 75.9 Å². The minimum atomic E-state index is -1.24. The van der Waals surface area contributed by atoms with Crippen LogP contribution in [0, 0.1) is 10.1 Å². The Hall–Kier alpha value is -2.14. The molecule has 1 N–H and O–H groups in total. The number of epoxide rings is 1. The van der Waals surface area contributed by atoms with Crippen LogP contribution in [-0.4, -0.2) is 22.7 Å². The molecule has 2 atom stereocenters. The van der Waals surface area contributed by atoms with Gasteiger partial charge in [0.2, 0.25) is 0 Å². The molecule has 20 heavy (non-hydrogen) atoms. The predicted octanol–water partition coefficient (Wildman–Crippen LogP) is 2.97. The third kappa shape index (κ3) is 3.24. The lowest BCUT2D eigenvalue weighted by atomic mass is 9.84. The second kappa shape index (κ2) is 5.88. The lowest BCUT2D eigenvalue weighted by molar-refractivity contribution is -0.563. The minimum Gasteiger partial charge on any atom is -0.508 e. The van der Waals surface area contributed by atoms with Crippen molar-refractivity contribution < 1.29 is 14.8 Å². The molecule has 106 valence electrons. The highest BCUT2D eigenvalue weighted by Gasteiger charge is 2.42. The largest absolute Gasteiger partial charge is 0.508 e. The van der Waals surface area contributed by atoms with Crippen LogP contribution in [0.4, 0.5) is 0 Å². The molecule has 1 aromatic rings. The number of hydrogen-bond acceptors (Lipinski definition) is 4. The van der Waals surface area contributed by atoms with Crippen LogP contribution in [0.25, 0.3) is 0 Å². The van der Waals surface area contributed by atoms with Gasteiger partial charge in [-0.15, -0.1) is 0 Å². The number of aliphatic hydroxyl groups excluding tert-OH is 1. The van der Waals surface area contributed by atoms with Crippen LogP contribution < -0.4 is 0 Å². The van der Waals surface area contributed by atoms with Gasteiger partial charge >= 0.3 is 0 Å². The van der Waals surface area contributed by atoms with Crippen LogP contribution in [0.5, 0.6) is 0 Å². The monoisotopic (exact) mass is 275 g/mol. The van der Waals surface area contributed by atoms with Gasteiger partial charge in [-0.05, 0) is 19.1 Å². The first-order chi connectivity index (χ1) is 9.54. The molecular formula is C15H17NO4. The van der Waals surface area contributed by atoms with Gasteiger partial charge in [-0.2, -0.15) is 0 Å². The number of ether oxygens (including phenoxy) is 1. The van der Waals surface area contributed by atoms with E-state index in [-0.39, 0.29) is 17.1 Å². The molecule has 0 radical (unpaired) electrons. The van der Waals surface area contributed by atoms with E-state index in [0.29, 0.717) is 11.7 Å². The molecule has 0 saturated carbocycles. The lowest BCUT2D eigenvalue weighted by Crippen LogP contribution is -2.34. The second-order valence-corrected chi connectivity index (χ2v) is 4.86. The van der Waals surface area contributed by atoms with Gasteiger partial charge in [0.25, 0.3) is 5.54 Å². The first kappa shape index (κ1) is 14.3. The van der Waals surface area contributed by atoms with E-state index in [1.165, 1.54) is 18.2 Å². The van der Waals surface area contributed by atoms with Crippen LogP contribution in [0.1, 0.15) is 18.9 Å². The summed E-state index contributed by atoms with van der Waals surface area (Å²) in [7, 11) is 0. The van der Waals surface area contributed by atoms with Crippen molar-refractivity contribution in [2.45, 2.75) is 25.0 Å². The molecule has 1 saturated heterocycles. The molecule has 0 spiro atoms. The van der Waals surface area contributed by atoms with Gasteiger partial charge in [-0.1, -0.05) is 30.3 Å². The fourth-order valence-electron chi connectivity index (χ4n) is 1.90. The van der Waals surface area contributed by atoms with Crippen molar-refractivity contribution in [2.75, 3.05) is 6.61 Å². The summed E-state index contributed by atoms with van der Waals surface area (Å²) in [6.45, 7) is 3.04. The van der Waals surface area contributed by atoms with Crippen LogP contribution in [0.15, 0.2) is 54.3 Å². The van der Waals surface area contributed by atoms with Crippen molar-refractivity contribution in [2.24, 2.45) is 0 Å². The average molecular weight is 275 g/mol. The number of benzene rings is 1. The fraction of sp³-hybridized carbons (Fsp3) is 0.333. The standard InChI is InChI=1S/C12H11NO3.C3H6O/c14-11-6-8-12(9-7-11,13(15)16)10-4-2-1-3-5-10;1-3-2-4-3/h1-8,14H,9H2;3H,2H2,1H3. The van der Waals surface area contributed by atoms with Crippen molar-refractivity contribution >= 4 is 0 Å². The van der Waals surface area contributed by atoms with E-state index in [1.54, 1.807) is 24.3 Å². The number of nitro groups is 1. The van der Waals surface area contributed by atoms with Crippen LogP contribution in [0.2, 0.25) is 0 Å². The summed E-state index contributed by atoms with van der Waals surface area (Å²) in [6.07, 6.45) is 5.04. The van der Waals surface area contributed by atoms with Crippen molar-refractivity contribution in [1.82, 2.24) is 0 Å². The summed E-state index contributed by atoms with van der Waals surface area (Å²) in [5, 5.41) is 20.4. The molecule has 1 aliphatic carbocycles. The third-order valence-corrected chi connectivity index (χ3v) is 3.25. The number of aliphatic hydroxyl groups is 1. The zero-order valence-corrected chi connectivity index (χ0v) is 11.2. The maximum Gasteiger partial charge on any atom is 0.269 e.